The fraction of sp³-hybridized carbons (Fsp3) is 0.262. The third-order valence-electron chi connectivity index (χ3n) is 9.52. The molecular weight excluding hydrogens is 752 g/mol. The van der Waals surface area contributed by atoms with Crippen molar-refractivity contribution in [2.45, 2.75) is 28.8 Å². The molecule has 1 heterocycles. The van der Waals surface area contributed by atoms with Crippen LogP contribution in [-0.2, 0) is 16.6 Å². The minimum atomic E-state index is -4.30. The van der Waals surface area contributed by atoms with Gasteiger partial charge in [-0.2, -0.15) is 0 Å². The summed E-state index contributed by atoms with van der Waals surface area (Å²) in [5.41, 5.74) is 5.13. The Hall–Kier alpha value is -4.72. The third kappa shape index (κ3) is 11.0. The fourth-order valence-corrected chi connectivity index (χ4v) is 8.57. The summed E-state index contributed by atoms with van der Waals surface area (Å²) in [7, 11) is -0.305. The van der Waals surface area contributed by atoms with E-state index in [4.69, 9.17) is 11.6 Å². The molecule has 55 heavy (non-hydrogen) atoms. The number of carbonyl (C=O) groups is 1. The summed E-state index contributed by atoms with van der Waals surface area (Å²) < 4.78 is 28.8. The van der Waals surface area contributed by atoms with Crippen LogP contribution in [0.1, 0.15) is 22.3 Å². The summed E-state index contributed by atoms with van der Waals surface area (Å²) in [6.07, 6.45) is 0.789. The molecule has 1 atom stereocenters. The van der Waals surface area contributed by atoms with Crippen molar-refractivity contribution in [2.75, 3.05) is 62.8 Å². The predicted octanol–water partition coefficient (Wildman–Crippen LogP) is 8.37. The Morgan fingerprint density at radius 2 is 1.56 bits per heavy atom. The Morgan fingerprint density at radius 3 is 2.25 bits per heavy atom. The zero-order valence-electron chi connectivity index (χ0n) is 30.9. The van der Waals surface area contributed by atoms with Gasteiger partial charge in [-0.15, -0.1) is 16.7 Å². The standard InChI is InChI=1S/C42H45ClN6O4S2/c1-47(2)23-22-35(30-54-37-9-4-3-5-10-37)44-40-21-20-38(28-41(40)45-51)55(52,53)46-42(50)32-14-18-36(19-15-32)49-26-24-48(25-27-49)29-33-8-6-7-11-39(33)31-12-16-34(43)17-13-31/h3-21,28,35,44H,22-27,29-30H2,1-2H3,(H,46,50)/t35-/m1/s1. The lowest BCUT2D eigenvalue weighted by molar-refractivity contribution is 0.0981. The molecule has 13 heteroatoms. The van der Waals surface area contributed by atoms with Crippen molar-refractivity contribution >= 4 is 56.4 Å². The van der Waals surface area contributed by atoms with E-state index in [-0.39, 0.29) is 22.2 Å². The first-order valence-electron chi connectivity index (χ1n) is 18.1. The Labute approximate surface area is 332 Å². The molecule has 5 aromatic rings. The number of benzene rings is 5. The second-order valence-electron chi connectivity index (χ2n) is 13.7. The summed E-state index contributed by atoms with van der Waals surface area (Å²) >= 11 is 7.81. The van der Waals surface area contributed by atoms with Gasteiger partial charge in [0.15, 0.2) is 0 Å². The van der Waals surface area contributed by atoms with Crippen molar-refractivity contribution in [1.29, 1.82) is 0 Å². The van der Waals surface area contributed by atoms with Crippen LogP contribution in [0.15, 0.2) is 136 Å². The first-order valence-corrected chi connectivity index (χ1v) is 21.0. The van der Waals surface area contributed by atoms with Gasteiger partial charge in [0, 0.05) is 65.7 Å². The molecule has 0 spiro atoms. The predicted molar refractivity (Wildman–Crippen MR) is 225 cm³/mol. The Balaban J connectivity index is 1.04. The Morgan fingerprint density at radius 1 is 0.873 bits per heavy atom. The van der Waals surface area contributed by atoms with Gasteiger partial charge < -0.3 is 15.1 Å². The minimum Gasteiger partial charge on any atom is -0.380 e. The molecule has 2 N–H and O–H groups in total. The second-order valence-corrected chi connectivity index (χ2v) is 16.9. The van der Waals surface area contributed by atoms with Crippen LogP contribution in [0.5, 0.6) is 0 Å². The van der Waals surface area contributed by atoms with Gasteiger partial charge in [0.1, 0.15) is 5.69 Å². The molecule has 6 rings (SSSR count). The van der Waals surface area contributed by atoms with Crippen molar-refractivity contribution in [3.05, 3.63) is 142 Å². The van der Waals surface area contributed by atoms with E-state index >= 15 is 0 Å². The van der Waals surface area contributed by atoms with Crippen LogP contribution in [0.25, 0.3) is 11.1 Å². The summed E-state index contributed by atoms with van der Waals surface area (Å²) in [4.78, 5) is 32.7. The Kier molecular flexibility index (Phi) is 13.6. The quantitative estimate of drug-likeness (QED) is 0.0751. The van der Waals surface area contributed by atoms with Crippen LogP contribution in [0, 0.1) is 4.91 Å². The van der Waals surface area contributed by atoms with Crippen LogP contribution in [0.3, 0.4) is 0 Å². The highest BCUT2D eigenvalue weighted by Crippen LogP contribution is 2.31. The number of thioether (sulfide) groups is 1. The molecular formula is C42H45ClN6O4S2. The molecule has 0 radical (unpaired) electrons. The molecule has 10 nitrogen and oxygen atoms in total. The maximum atomic E-state index is 13.3. The highest BCUT2D eigenvalue weighted by molar-refractivity contribution is 7.99. The SMILES string of the molecule is CN(C)CC[C@H](CSc1ccccc1)Nc1ccc(S(=O)(=O)NC(=O)c2ccc(N3CCN(Cc4ccccc4-c4ccc(Cl)cc4)CC3)cc2)cc1N=O. The van der Waals surface area contributed by atoms with Gasteiger partial charge in [0.2, 0.25) is 0 Å². The summed E-state index contributed by atoms with van der Waals surface area (Å²) in [6.45, 7) is 4.99. The number of anilines is 2. The molecule has 0 aromatic heterocycles. The van der Waals surface area contributed by atoms with E-state index in [0.717, 1.165) is 67.6 Å². The number of piperazine rings is 1. The van der Waals surface area contributed by atoms with Crippen molar-refractivity contribution in [3.8, 4) is 11.1 Å². The number of hydrogen-bond donors (Lipinski definition) is 2. The molecule has 1 fully saturated rings. The van der Waals surface area contributed by atoms with Gasteiger partial charge in [-0.05, 0) is 116 Å². The highest BCUT2D eigenvalue weighted by Gasteiger charge is 2.23. The van der Waals surface area contributed by atoms with Crippen LogP contribution < -0.4 is 14.9 Å². The van der Waals surface area contributed by atoms with Crippen LogP contribution in [0.4, 0.5) is 17.1 Å². The number of hydrogen-bond acceptors (Lipinski definition) is 10. The van der Waals surface area contributed by atoms with Crippen LogP contribution >= 0.6 is 23.4 Å². The maximum absolute atomic E-state index is 13.3. The molecule has 0 unspecified atom stereocenters. The fourth-order valence-electron chi connectivity index (χ4n) is 6.46. The van der Waals surface area contributed by atoms with Gasteiger partial charge in [-0.25, -0.2) is 13.1 Å². The number of carbonyl (C=O) groups excluding carboxylic acids is 1. The van der Waals surface area contributed by atoms with E-state index in [1.54, 1.807) is 23.9 Å². The molecule has 1 saturated heterocycles. The number of nitrogens with zero attached hydrogens (tertiary/aromatic N) is 4. The van der Waals surface area contributed by atoms with Crippen molar-refractivity contribution in [2.24, 2.45) is 5.18 Å². The molecule has 1 aliphatic rings. The lowest BCUT2D eigenvalue weighted by Gasteiger charge is -2.36. The number of rotatable bonds is 16. The summed E-state index contributed by atoms with van der Waals surface area (Å²) in [5, 5.41) is 7.23. The van der Waals surface area contributed by atoms with Crippen molar-refractivity contribution < 1.29 is 13.2 Å². The first kappa shape index (κ1) is 40.0. The van der Waals surface area contributed by atoms with E-state index in [0.29, 0.717) is 10.7 Å². The lowest BCUT2D eigenvalue weighted by Crippen LogP contribution is -2.46. The van der Waals surface area contributed by atoms with Crippen molar-refractivity contribution in [3.63, 3.8) is 0 Å². The van der Waals surface area contributed by atoms with Gasteiger partial charge in [-0.3, -0.25) is 9.69 Å². The summed E-state index contributed by atoms with van der Waals surface area (Å²) in [5.74, 6) is -0.0394. The Bertz CT molecular complexity index is 2160. The van der Waals surface area contributed by atoms with Gasteiger partial charge in [0.05, 0.1) is 10.6 Å². The average molecular weight is 797 g/mol. The first-order chi connectivity index (χ1) is 26.6. The zero-order chi connectivity index (χ0) is 38.8. The van der Waals surface area contributed by atoms with Gasteiger partial charge in [0.25, 0.3) is 15.9 Å². The average Bonchev–Trinajstić information content (AvgIpc) is 3.20. The number of sulfonamides is 1. The molecule has 1 amide bonds. The second kappa shape index (κ2) is 18.7. The van der Waals surface area contributed by atoms with E-state index in [1.165, 1.54) is 29.3 Å². The number of nitrogens with one attached hydrogen (secondary N) is 2. The number of halogens is 1. The molecule has 1 aliphatic heterocycles. The lowest BCUT2D eigenvalue weighted by atomic mass is 9.99. The highest BCUT2D eigenvalue weighted by atomic mass is 35.5. The van der Waals surface area contributed by atoms with Crippen molar-refractivity contribution in [1.82, 2.24) is 14.5 Å². The number of nitroso groups, excluding NO2 is 1. The molecule has 0 bridgehead atoms. The van der Waals surface area contributed by atoms with Crippen LogP contribution in [-0.4, -0.2) is 82.7 Å². The normalized spacial score (nSPS) is 14.1. The van der Waals surface area contributed by atoms with Gasteiger partial charge in [-0.1, -0.05) is 66.2 Å². The molecule has 0 aliphatic carbocycles. The minimum absolute atomic E-state index is 0.0228. The van der Waals surface area contributed by atoms with E-state index in [1.807, 2.05) is 80.8 Å². The smallest absolute Gasteiger partial charge is 0.264 e. The maximum Gasteiger partial charge on any atom is 0.264 e. The zero-order valence-corrected chi connectivity index (χ0v) is 33.3. The van der Waals surface area contributed by atoms with E-state index < -0.39 is 15.9 Å². The van der Waals surface area contributed by atoms with Gasteiger partial charge >= 0.3 is 0 Å². The topological polar surface area (TPSA) is 114 Å². The van der Waals surface area contributed by atoms with E-state index in [2.05, 4.69) is 54.2 Å². The monoisotopic (exact) mass is 796 g/mol. The van der Waals surface area contributed by atoms with E-state index in [9.17, 15) is 18.1 Å². The molecule has 0 saturated carbocycles. The molecule has 286 valence electrons. The molecule has 5 aromatic carbocycles. The summed E-state index contributed by atoms with van der Waals surface area (Å²) in [6, 6.07) is 37.4. The number of amides is 1. The third-order valence-corrected chi connectivity index (χ3v) is 12.3. The largest absolute Gasteiger partial charge is 0.380 e. The van der Waals surface area contributed by atoms with Crippen LogP contribution in [0.2, 0.25) is 5.02 Å².